The zero-order valence-electron chi connectivity index (χ0n) is 31.3. The number of benzene rings is 1. The standard InChI is InChI=1S/C41H53NO11/c1-7-32-23(2)18-19-40(53-32)22-29-21-28(52-40)17-16-25(4)35(50-39(46)33(42-48-6)27-13-9-8-10-14-27)24(3)12-11-15-30-37(44)51-36-34(43)26(5)20-31(38(45)49-29)41(30,36)47/h8-16,20,23-24,28-29,31-32,34-37,43-44,47H,7,17-19,21-22H2,1-6H3/b12-11+,25-16+,30-15+,42-33+/t23-,24-,28?,29?,31?,32?,34+,35?,36?,37?,40?,41+/m0/s1. The van der Waals surface area contributed by atoms with Crippen LogP contribution in [0.15, 0.2) is 82.6 Å². The monoisotopic (exact) mass is 735 g/mol. The van der Waals surface area contributed by atoms with Crippen molar-refractivity contribution in [3.8, 4) is 0 Å². The van der Waals surface area contributed by atoms with E-state index >= 15 is 0 Å². The molecule has 1 aliphatic carbocycles. The fourth-order valence-corrected chi connectivity index (χ4v) is 8.49. The summed E-state index contributed by atoms with van der Waals surface area (Å²) < 4.78 is 31.6. The van der Waals surface area contributed by atoms with Crippen LogP contribution in [-0.2, 0) is 38.1 Å². The summed E-state index contributed by atoms with van der Waals surface area (Å²) in [5, 5.41) is 38.5. The molecule has 4 heterocycles. The Morgan fingerprint density at radius 2 is 1.83 bits per heavy atom. The van der Waals surface area contributed by atoms with Crippen LogP contribution in [0.3, 0.4) is 0 Å². The Kier molecular flexibility index (Phi) is 11.8. The first-order valence-corrected chi connectivity index (χ1v) is 18.7. The lowest BCUT2D eigenvalue weighted by Crippen LogP contribution is -2.58. The maximum Gasteiger partial charge on any atom is 0.361 e. The van der Waals surface area contributed by atoms with Gasteiger partial charge < -0.3 is 43.8 Å². The third-order valence-electron chi connectivity index (χ3n) is 11.4. The van der Waals surface area contributed by atoms with E-state index < -0.39 is 72.0 Å². The first kappa shape index (κ1) is 39.1. The number of allylic oxidation sites excluding steroid dienone is 2. The molecule has 1 spiro atoms. The molecular formula is C41H53NO11. The van der Waals surface area contributed by atoms with Crippen LogP contribution in [0.5, 0.6) is 0 Å². The Morgan fingerprint density at radius 1 is 1.08 bits per heavy atom. The van der Waals surface area contributed by atoms with E-state index in [-0.39, 0.29) is 17.4 Å². The minimum atomic E-state index is -2.12. The maximum atomic E-state index is 14.2. The molecule has 0 radical (unpaired) electrons. The van der Waals surface area contributed by atoms with Gasteiger partial charge >= 0.3 is 11.9 Å². The van der Waals surface area contributed by atoms with Crippen LogP contribution >= 0.6 is 0 Å². The summed E-state index contributed by atoms with van der Waals surface area (Å²) in [7, 11) is 1.36. The minimum absolute atomic E-state index is 0.00101. The molecule has 53 heavy (non-hydrogen) atoms. The third-order valence-corrected chi connectivity index (χ3v) is 11.4. The first-order chi connectivity index (χ1) is 25.3. The lowest BCUT2D eigenvalue weighted by Gasteiger charge is -2.50. The zero-order chi connectivity index (χ0) is 38.1. The molecule has 12 nitrogen and oxygen atoms in total. The van der Waals surface area contributed by atoms with Crippen molar-refractivity contribution in [3.63, 3.8) is 0 Å². The number of fused-ring (bicyclic) bond motifs is 2. The van der Waals surface area contributed by atoms with Crippen molar-refractivity contribution in [3.05, 3.63) is 83.0 Å². The molecule has 2 bridgehead atoms. The van der Waals surface area contributed by atoms with Crippen LogP contribution in [0.4, 0.5) is 0 Å². The van der Waals surface area contributed by atoms with E-state index in [1.807, 2.05) is 26.0 Å². The molecule has 288 valence electrons. The summed E-state index contributed by atoms with van der Waals surface area (Å²) in [4.78, 5) is 32.9. The molecule has 12 heteroatoms. The van der Waals surface area contributed by atoms with Crippen molar-refractivity contribution in [2.24, 2.45) is 22.9 Å². The van der Waals surface area contributed by atoms with Crippen molar-refractivity contribution in [1.82, 2.24) is 0 Å². The molecule has 0 amide bonds. The van der Waals surface area contributed by atoms with Crippen LogP contribution in [0.25, 0.3) is 0 Å². The second kappa shape index (κ2) is 16.0. The normalized spacial score (nSPS) is 41.9. The third kappa shape index (κ3) is 7.81. The second-order valence-electron chi connectivity index (χ2n) is 15.2. The lowest BCUT2D eigenvalue weighted by atomic mass is 9.70. The second-order valence-corrected chi connectivity index (χ2v) is 15.2. The predicted molar refractivity (Wildman–Crippen MR) is 194 cm³/mol. The number of carbonyl (C=O) groups excluding carboxylic acids is 2. The lowest BCUT2D eigenvalue weighted by molar-refractivity contribution is -0.335. The maximum absolute atomic E-state index is 14.2. The van der Waals surface area contributed by atoms with Gasteiger partial charge in [0.1, 0.15) is 43.0 Å². The van der Waals surface area contributed by atoms with Gasteiger partial charge in [0.2, 0.25) is 0 Å². The molecule has 5 aliphatic rings. The Balaban J connectivity index is 1.41. The number of ether oxygens (including phenoxy) is 5. The van der Waals surface area contributed by atoms with Gasteiger partial charge in [-0.3, -0.25) is 4.79 Å². The molecule has 8 unspecified atom stereocenters. The van der Waals surface area contributed by atoms with Gasteiger partial charge in [-0.15, -0.1) is 0 Å². The number of hydrogen-bond acceptors (Lipinski definition) is 12. The molecule has 0 aromatic heterocycles. The molecule has 1 aromatic carbocycles. The quantitative estimate of drug-likeness (QED) is 0.165. The van der Waals surface area contributed by atoms with E-state index in [0.717, 1.165) is 18.4 Å². The van der Waals surface area contributed by atoms with Gasteiger partial charge in [0.25, 0.3) is 0 Å². The molecule has 3 fully saturated rings. The number of aliphatic hydroxyl groups is 3. The Morgan fingerprint density at radius 3 is 2.55 bits per heavy atom. The predicted octanol–water partition coefficient (Wildman–Crippen LogP) is 4.82. The van der Waals surface area contributed by atoms with E-state index in [0.29, 0.717) is 42.7 Å². The molecule has 3 N–H and O–H groups in total. The number of nitrogens with zero attached hydrogens (tertiary/aromatic N) is 1. The smallest absolute Gasteiger partial charge is 0.361 e. The number of aliphatic hydroxyl groups excluding tert-OH is 2. The summed E-state index contributed by atoms with van der Waals surface area (Å²) >= 11 is 0. The van der Waals surface area contributed by atoms with Crippen molar-refractivity contribution in [2.45, 2.75) is 127 Å². The van der Waals surface area contributed by atoms with Crippen molar-refractivity contribution in [2.75, 3.05) is 7.11 Å². The largest absolute Gasteiger partial charge is 0.462 e. The molecule has 1 aromatic rings. The number of rotatable bonds is 5. The topological polar surface area (TPSA) is 163 Å². The summed E-state index contributed by atoms with van der Waals surface area (Å²) in [5.41, 5.74) is -0.411. The number of carbonyl (C=O) groups is 2. The highest BCUT2D eigenvalue weighted by atomic mass is 16.7. The van der Waals surface area contributed by atoms with Gasteiger partial charge in [0.05, 0.1) is 12.2 Å². The van der Waals surface area contributed by atoms with Crippen LogP contribution in [0, 0.1) is 17.8 Å². The minimum Gasteiger partial charge on any atom is -0.462 e. The number of oxime groups is 1. The van der Waals surface area contributed by atoms with Crippen molar-refractivity contribution in [1.29, 1.82) is 0 Å². The summed E-state index contributed by atoms with van der Waals surface area (Å²) in [6.45, 7) is 9.65. The molecule has 6 rings (SSSR count). The van der Waals surface area contributed by atoms with Crippen LogP contribution in [-0.4, -0.2) is 94.4 Å². The summed E-state index contributed by atoms with van der Waals surface area (Å²) in [6, 6.07) is 8.89. The Labute approximate surface area is 311 Å². The molecular weight excluding hydrogens is 682 g/mol. The molecule has 4 aliphatic heterocycles. The Bertz CT molecular complexity index is 1670. The fourth-order valence-electron chi connectivity index (χ4n) is 8.49. The SMILES string of the molecule is CCC1OC2(CC[C@@H]1C)CC1CC(C/C=C(\C)C(OC(=O)/C(=N/OC)c3ccccc3)[C@@H](C)/C=C/C=C3\C(O)OC4[C@H](O)C(C)=CC(C(=O)O1)[C@]34O)O2. The number of hydrogen-bond donors (Lipinski definition) is 3. The highest BCUT2D eigenvalue weighted by Gasteiger charge is 2.63. The van der Waals surface area contributed by atoms with E-state index in [4.69, 9.17) is 28.5 Å². The summed E-state index contributed by atoms with van der Waals surface area (Å²) in [5.74, 6) is -3.73. The van der Waals surface area contributed by atoms with E-state index in [2.05, 4.69) is 19.0 Å². The summed E-state index contributed by atoms with van der Waals surface area (Å²) in [6.07, 6.45) is 5.68. The highest BCUT2D eigenvalue weighted by Crippen LogP contribution is 2.49. The first-order valence-electron chi connectivity index (χ1n) is 18.7. The van der Waals surface area contributed by atoms with E-state index in [9.17, 15) is 24.9 Å². The van der Waals surface area contributed by atoms with E-state index in [1.54, 1.807) is 43.3 Å². The van der Waals surface area contributed by atoms with Crippen LogP contribution < -0.4 is 0 Å². The van der Waals surface area contributed by atoms with Gasteiger partial charge in [-0.1, -0.05) is 86.6 Å². The van der Waals surface area contributed by atoms with Gasteiger partial charge in [-0.2, -0.15) is 0 Å². The van der Waals surface area contributed by atoms with Gasteiger partial charge in [-0.05, 0) is 50.2 Å². The fraction of sp³-hybridized carbons (Fsp3) is 0.585. The van der Waals surface area contributed by atoms with Gasteiger partial charge in [0, 0.05) is 36.3 Å². The Hall–Kier alpha value is -3.65. The van der Waals surface area contributed by atoms with Gasteiger partial charge in [-0.25, -0.2) is 4.79 Å². The molecule has 0 saturated carbocycles. The van der Waals surface area contributed by atoms with Crippen LogP contribution in [0.1, 0.15) is 78.7 Å². The average Bonchev–Trinajstić information content (AvgIpc) is 3.40. The molecule has 12 atom stereocenters. The van der Waals surface area contributed by atoms with Gasteiger partial charge in [0.15, 0.2) is 17.8 Å². The highest BCUT2D eigenvalue weighted by molar-refractivity contribution is 6.43. The van der Waals surface area contributed by atoms with Crippen molar-refractivity contribution < 1.29 is 53.4 Å². The van der Waals surface area contributed by atoms with E-state index in [1.165, 1.54) is 19.3 Å². The van der Waals surface area contributed by atoms with Crippen molar-refractivity contribution >= 4 is 17.7 Å². The molecule has 3 saturated heterocycles. The zero-order valence-corrected chi connectivity index (χ0v) is 31.3. The average molecular weight is 736 g/mol. The van der Waals surface area contributed by atoms with Crippen LogP contribution in [0.2, 0.25) is 0 Å². The number of esters is 2.